The van der Waals surface area contributed by atoms with E-state index in [2.05, 4.69) is 5.32 Å². The second-order valence-corrected chi connectivity index (χ2v) is 3.99. The maximum absolute atomic E-state index is 13.0. The van der Waals surface area contributed by atoms with Crippen LogP contribution in [-0.2, 0) is 4.79 Å². The van der Waals surface area contributed by atoms with E-state index >= 15 is 0 Å². The Kier molecular flexibility index (Phi) is 4.92. The van der Waals surface area contributed by atoms with Gasteiger partial charge in [0.05, 0.1) is 16.8 Å². The molecule has 1 rings (SSSR count). The third-order valence-corrected chi connectivity index (χ3v) is 2.57. The van der Waals surface area contributed by atoms with Crippen LogP contribution in [0.2, 0.25) is 5.02 Å². The van der Waals surface area contributed by atoms with Crippen molar-refractivity contribution in [1.29, 1.82) is 5.26 Å². The summed E-state index contributed by atoms with van der Waals surface area (Å²) in [5.41, 5.74) is 0.188. The minimum atomic E-state index is -0.737. The molecule has 1 amide bonds. The van der Waals surface area contributed by atoms with Gasteiger partial charge >= 0.3 is 0 Å². The number of carbonyl (C=O) groups excluding carboxylic acids is 1. The van der Waals surface area contributed by atoms with Crippen LogP contribution in [0.25, 0.3) is 0 Å². The zero-order valence-corrected chi connectivity index (χ0v) is 10.1. The van der Waals surface area contributed by atoms with Crippen LogP contribution in [0.15, 0.2) is 18.2 Å². The molecule has 90 valence electrons. The first-order valence-electron chi connectivity index (χ1n) is 5.24. The summed E-state index contributed by atoms with van der Waals surface area (Å²) in [7, 11) is 0. The molecule has 0 aromatic heterocycles. The molecule has 0 aliphatic heterocycles. The summed E-state index contributed by atoms with van der Waals surface area (Å²) in [6.07, 6.45) is 1.19. The topological polar surface area (TPSA) is 52.9 Å². The number of amides is 1. The Hall–Kier alpha value is -1.60. The maximum Gasteiger partial charge on any atom is 0.241 e. The van der Waals surface area contributed by atoms with Gasteiger partial charge in [-0.15, -0.1) is 0 Å². The molecule has 5 heteroatoms. The van der Waals surface area contributed by atoms with Crippen molar-refractivity contribution < 1.29 is 9.18 Å². The molecule has 0 aliphatic carbocycles. The van der Waals surface area contributed by atoms with Crippen molar-refractivity contribution in [3.05, 3.63) is 29.0 Å². The van der Waals surface area contributed by atoms with Crippen LogP contribution in [0.4, 0.5) is 10.1 Å². The van der Waals surface area contributed by atoms with Gasteiger partial charge in [-0.25, -0.2) is 4.39 Å². The zero-order chi connectivity index (χ0) is 12.8. The lowest BCUT2D eigenvalue weighted by molar-refractivity contribution is -0.118. The average Bonchev–Trinajstić information content (AvgIpc) is 2.30. The minimum absolute atomic E-state index is 0.188. The molecule has 0 spiro atoms. The Bertz CT molecular complexity index is 456. The van der Waals surface area contributed by atoms with Crippen LogP contribution in [-0.4, -0.2) is 5.91 Å². The van der Waals surface area contributed by atoms with Gasteiger partial charge in [-0.2, -0.15) is 5.26 Å². The normalized spacial score (nSPS) is 11.6. The molecule has 0 aliphatic rings. The van der Waals surface area contributed by atoms with E-state index in [1.807, 2.05) is 13.0 Å². The Balaban J connectivity index is 2.80. The SMILES string of the molecule is CCCC(C#N)C(=O)Nc1cc(F)ccc1Cl. The molecular formula is C12H12ClFN2O. The van der Waals surface area contributed by atoms with E-state index in [0.29, 0.717) is 6.42 Å². The van der Waals surface area contributed by atoms with Crippen LogP contribution in [0, 0.1) is 23.1 Å². The summed E-state index contributed by atoms with van der Waals surface area (Å²) in [6.45, 7) is 1.88. The lowest BCUT2D eigenvalue weighted by Gasteiger charge is -2.10. The fourth-order valence-corrected chi connectivity index (χ4v) is 1.52. The van der Waals surface area contributed by atoms with Crippen molar-refractivity contribution in [2.45, 2.75) is 19.8 Å². The number of rotatable bonds is 4. The second-order valence-electron chi connectivity index (χ2n) is 3.58. The summed E-state index contributed by atoms with van der Waals surface area (Å²) < 4.78 is 13.0. The number of hydrogen-bond donors (Lipinski definition) is 1. The van der Waals surface area contributed by atoms with Crippen molar-refractivity contribution >= 4 is 23.2 Å². The van der Waals surface area contributed by atoms with Crippen molar-refractivity contribution in [3.8, 4) is 6.07 Å². The first kappa shape index (κ1) is 13.5. The fourth-order valence-electron chi connectivity index (χ4n) is 1.36. The van der Waals surface area contributed by atoms with Crippen LogP contribution >= 0.6 is 11.6 Å². The van der Waals surface area contributed by atoms with Gasteiger partial charge < -0.3 is 5.32 Å². The molecule has 0 bridgehead atoms. The van der Waals surface area contributed by atoms with Gasteiger partial charge in [0.25, 0.3) is 0 Å². The summed E-state index contributed by atoms with van der Waals surface area (Å²) in [4.78, 5) is 11.7. The standard InChI is InChI=1S/C12H12ClFN2O/c1-2-3-8(7-15)12(17)16-11-6-9(14)4-5-10(11)13/h4-6,8H,2-3H2,1H3,(H,16,17). The Morgan fingerprint density at radius 2 is 2.35 bits per heavy atom. The molecule has 1 N–H and O–H groups in total. The van der Waals surface area contributed by atoms with Gasteiger partial charge in [0, 0.05) is 0 Å². The van der Waals surface area contributed by atoms with E-state index < -0.39 is 17.6 Å². The lowest BCUT2D eigenvalue weighted by Crippen LogP contribution is -2.21. The lowest BCUT2D eigenvalue weighted by atomic mass is 10.0. The molecular weight excluding hydrogens is 243 g/mol. The minimum Gasteiger partial charge on any atom is -0.324 e. The largest absolute Gasteiger partial charge is 0.324 e. The molecule has 0 radical (unpaired) electrons. The Morgan fingerprint density at radius 3 is 2.94 bits per heavy atom. The van der Waals surface area contributed by atoms with E-state index in [9.17, 15) is 9.18 Å². The highest BCUT2D eigenvalue weighted by molar-refractivity contribution is 6.33. The maximum atomic E-state index is 13.0. The summed E-state index contributed by atoms with van der Waals surface area (Å²) in [5.74, 6) is -1.69. The molecule has 0 saturated heterocycles. The molecule has 1 atom stereocenters. The quantitative estimate of drug-likeness (QED) is 0.896. The first-order valence-corrected chi connectivity index (χ1v) is 5.61. The number of benzene rings is 1. The van der Waals surface area contributed by atoms with E-state index in [1.54, 1.807) is 0 Å². The van der Waals surface area contributed by atoms with E-state index in [1.165, 1.54) is 12.1 Å². The number of nitriles is 1. The molecule has 0 heterocycles. The number of nitrogens with one attached hydrogen (secondary N) is 1. The van der Waals surface area contributed by atoms with Crippen LogP contribution in [0.5, 0.6) is 0 Å². The highest BCUT2D eigenvalue weighted by atomic mass is 35.5. The number of halogens is 2. The Morgan fingerprint density at radius 1 is 1.65 bits per heavy atom. The van der Waals surface area contributed by atoms with Crippen molar-refractivity contribution in [2.24, 2.45) is 5.92 Å². The monoisotopic (exact) mass is 254 g/mol. The van der Waals surface area contributed by atoms with Crippen LogP contribution in [0.1, 0.15) is 19.8 Å². The number of nitrogens with zero attached hydrogens (tertiary/aromatic N) is 1. The Labute approximate surface area is 104 Å². The van der Waals surface area contributed by atoms with Crippen LogP contribution in [0.3, 0.4) is 0 Å². The zero-order valence-electron chi connectivity index (χ0n) is 9.34. The second kappa shape index (κ2) is 6.21. The predicted octanol–water partition coefficient (Wildman–Crippen LogP) is 3.36. The van der Waals surface area contributed by atoms with Crippen molar-refractivity contribution in [1.82, 2.24) is 0 Å². The molecule has 0 fully saturated rings. The molecule has 3 nitrogen and oxygen atoms in total. The van der Waals surface area contributed by atoms with Gasteiger partial charge in [-0.3, -0.25) is 4.79 Å². The average molecular weight is 255 g/mol. The van der Waals surface area contributed by atoms with E-state index in [-0.39, 0.29) is 10.7 Å². The van der Waals surface area contributed by atoms with Crippen molar-refractivity contribution in [3.63, 3.8) is 0 Å². The third-order valence-electron chi connectivity index (χ3n) is 2.24. The highest BCUT2D eigenvalue weighted by Crippen LogP contribution is 2.23. The van der Waals surface area contributed by atoms with Crippen molar-refractivity contribution in [2.75, 3.05) is 5.32 Å². The first-order chi connectivity index (χ1) is 8.08. The molecule has 0 saturated carbocycles. The third kappa shape index (κ3) is 3.72. The number of anilines is 1. The summed E-state index contributed by atoms with van der Waals surface area (Å²) in [6, 6.07) is 5.59. The predicted molar refractivity (Wildman–Crippen MR) is 64.1 cm³/mol. The van der Waals surface area contributed by atoms with E-state index in [0.717, 1.165) is 12.5 Å². The molecule has 17 heavy (non-hydrogen) atoms. The van der Waals surface area contributed by atoms with Gasteiger partial charge in [-0.05, 0) is 24.6 Å². The van der Waals surface area contributed by atoms with Gasteiger partial charge in [0.2, 0.25) is 5.91 Å². The number of carbonyl (C=O) groups is 1. The van der Waals surface area contributed by atoms with Crippen LogP contribution < -0.4 is 5.32 Å². The molecule has 1 unspecified atom stereocenters. The molecule has 1 aromatic carbocycles. The van der Waals surface area contributed by atoms with Gasteiger partial charge in [-0.1, -0.05) is 24.9 Å². The smallest absolute Gasteiger partial charge is 0.241 e. The fraction of sp³-hybridized carbons (Fsp3) is 0.333. The highest BCUT2D eigenvalue weighted by Gasteiger charge is 2.17. The van der Waals surface area contributed by atoms with Gasteiger partial charge in [0.15, 0.2) is 0 Å². The number of hydrogen-bond acceptors (Lipinski definition) is 2. The van der Waals surface area contributed by atoms with Gasteiger partial charge in [0.1, 0.15) is 11.7 Å². The summed E-state index contributed by atoms with van der Waals surface area (Å²) >= 11 is 5.80. The molecule has 1 aromatic rings. The summed E-state index contributed by atoms with van der Waals surface area (Å²) in [5, 5.41) is 11.5. The van der Waals surface area contributed by atoms with E-state index in [4.69, 9.17) is 16.9 Å².